The van der Waals surface area contributed by atoms with Gasteiger partial charge in [0.05, 0.1) is 16.3 Å². The molecule has 132 valence electrons. The van der Waals surface area contributed by atoms with Crippen LogP contribution in [-0.2, 0) is 4.79 Å². The van der Waals surface area contributed by atoms with Gasteiger partial charge in [-0.25, -0.2) is 4.98 Å². The number of nitrogens with zero attached hydrogens (tertiary/aromatic N) is 1. The van der Waals surface area contributed by atoms with E-state index < -0.39 is 5.91 Å². The van der Waals surface area contributed by atoms with Crippen molar-refractivity contribution in [3.63, 3.8) is 0 Å². The number of thioether (sulfide) groups is 1. The average Bonchev–Trinajstić information content (AvgIpc) is 2.65. The zero-order chi connectivity index (χ0) is 18.5. The van der Waals surface area contributed by atoms with Gasteiger partial charge in [0.25, 0.3) is 5.91 Å². The Kier molecular flexibility index (Phi) is 5.75. The van der Waals surface area contributed by atoms with Crippen LogP contribution in [0.5, 0.6) is 0 Å². The van der Waals surface area contributed by atoms with Crippen LogP contribution in [0.4, 0.5) is 0 Å². The molecule has 2 N–H and O–H groups in total. The van der Waals surface area contributed by atoms with E-state index in [1.165, 1.54) is 11.8 Å². The van der Waals surface area contributed by atoms with Crippen molar-refractivity contribution in [3.05, 3.63) is 70.7 Å². The first-order valence-corrected chi connectivity index (χ1v) is 9.23. The summed E-state index contributed by atoms with van der Waals surface area (Å²) in [4.78, 5) is 28.4. The molecule has 0 radical (unpaired) electrons. The quantitative estimate of drug-likeness (QED) is 0.530. The van der Waals surface area contributed by atoms with Crippen molar-refractivity contribution in [2.24, 2.45) is 0 Å². The molecule has 5 nitrogen and oxygen atoms in total. The van der Waals surface area contributed by atoms with E-state index in [9.17, 15) is 9.59 Å². The lowest BCUT2D eigenvalue weighted by Gasteiger charge is -2.08. The molecule has 0 aliphatic carbocycles. The molecule has 0 unspecified atom stereocenters. The summed E-state index contributed by atoms with van der Waals surface area (Å²) >= 11 is 7.10. The van der Waals surface area contributed by atoms with Gasteiger partial charge >= 0.3 is 0 Å². The standard InChI is InChI=1S/C19H16ClN3O2S/c1-12-10-18(21-16-5-3-2-4-15(12)16)26-11-17(24)22-23-19(25)13-6-8-14(20)9-7-13/h2-10H,11H2,1H3,(H,22,24)(H,23,25). The van der Waals surface area contributed by atoms with Crippen LogP contribution < -0.4 is 10.9 Å². The molecule has 0 bridgehead atoms. The lowest BCUT2D eigenvalue weighted by molar-refractivity contribution is -0.119. The van der Waals surface area contributed by atoms with Crippen molar-refractivity contribution >= 4 is 46.1 Å². The van der Waals surface area contributed by atoms with Gasteiger partial charge in [-0.2, -0.15) is 0 Å². The summed E-state index contributed by atoms with van der Waals surface area (Å²) in [7, 11) is 0. The minimum Gasteiger partial charge on any atom is -0.272 e. The Hall–Kier alpha value is -2.57. The maximum atomic E-state index is 12.0. The molecule has 0 saturated carbocycles. The second-order valence-electron chi connectivity index (χ2n) is 5.59. The Labute approximate surface area is 160 Å². The summed E-state index contributed by atoms with van der Waals surface area (Å²) in [5.41, 5.74) is 7.19. The molecular weight excluding hydrogens is 370 g/mol. The van der Waals surface area contributed by atoms with Crippen LogP contribution in [0, 0.1) is 6.92 Å². The third-order valence-corrected chi connectivity index (χ3v) is 4.84. The minimum atomic E-state index is -0.403. The maximum absolute atomic E-state index is 12.0. The van der Waals surface area contributed by atoms with Crippen LogP contribution in [0.15, 0.2) is 59.6 Å². The number of nitrogens with one attached hydrogen (secondary N) is 2. The van der Waals surface area contributed by atoms with E-state index in [0.717, 1.165) is 21.5 Å². The molecule has 1 aromatic heterocycles. The lowest BCUT2D eigenvalue weighted by Crippen LogP contribution is -2.42. The van der Waals surface area contributed by atoms with Gasteiger partial charge in [0.1, 0.15) is 0 Å². The second-order valence-corrected chi connectivity index (χ2v) is 7.02. The Morgan fingerprint density at radius 2 is 1.81 bits per heavy atom. The number of para-hydroxylation sites is 1. The summed E-state index contributed by atoms with van der Waals surface area (Å²) in [6, 6.07) is 16.2. The Bertz CT molecular complexity index is 961. The highest BCUT2D eigenvalue weighted by molar-refractivity contribution is 7.99. The number of amides is 2. The molecule has 0 aliphatic heterocycles. The number of hydrogen-bond donors (Lipinski definition) is 2. The van der Waals surface area contributed by atoms with Gasteiger partial charge in [0.15, 0.2) is 0 Å². The highest BCUT2D eigenvalue weighted by atomic mass is 35.5. The molecule has 3 rings (SSSR count). The topological polar surface area (TPSA) is 71.1 Å². The van der Waals surface area contributed by atoms with Crippen molar-refractivity contribution in [3.8, 4) is 0 Å². The molecule has 26 heavy (non-hydrogen) atoms. The van der Waals surface area contributed by atoms with Crippen molar-refractivity contribution < 1.29 is 9.59 Å². The molecular formula is C19H16ClN3O2S. The maximum Gasteiger partial charge on any atom is 0.269 e. The molecule has 2 amide bonds. The molecule has 0 aliphatic rings. The number of aromatic nitrogens is 1. The number of carbonyl (C=O) groups excluding carboxylic acids is 2. The van der Waals surface area contributed by atoms with E-state index in [0.29, 0.717) is 10.6 Å². The monoisotopic (exact) mass is 385 g/mol. The predicted molar refractivity (Wildman–Crippen MR) is 104 cm³/mol. The predicted octanol–water partition coefficient (Wildman–Crippen LogP) is 3.75. The number of hydrazine groups is 1. The van der Waals surface area contributed by atoms with E-state index in [1.54, 1.807) is 24.3 Å². The van der Waals surface area contributed by atoms with Gasteiger partial charge in [-0.3, -0.25) is 20.4 Å². The van der Waals surface area contributed by atoms with Gasteiger partial charge in [-0.05, 0) is 48.9 Å². The third-order valence-electron chi connectivity index (χ3n) is 3.67. The molecule has 7 heteroatoms. The van der Waals surface area contributed by atoms with E-state index in [1.807, 2.05) is 37.3 Å². The average molecular weight is 386 g/mol. The highest BCUT2D eigenvalue weighted by Gasteiger charge is 2.09. The molecule has 2 aromatic carbocycles. The summed E-state index contributed by atoms with van der Waals surface area (Å²) < 4.78 is 0. The van der Waals surface area contributed by atoms with Crippen molar-refractivity contribution in [1.82, 2.24) is 15.8 Å². The fraction of sp³-hybridized carbons (Fsp3) is 0.105. The molecule has 0 saturated heterocycles. The Morgan fingerprint density at radius 1 is 1.08 bits per heavy atom. The van der Waals surface area contributed by atoms with E-state index in [4.69, 9.17) is 11.6 Å². The fourth-order valence-electron chi connectivity index (χ4n) is 2.37. The van der Waals surface area contributed by atoms with Gasteiger partial charge in [-0.15, -0.1) is 0 Å². The number of pyridine rings is 1. The van der Waals surface area contributed by atoms with Crippen LogP contribution in [0.1, 0.15) is 15.9 Å². The van der Waals surface area contributed by atoms with Crippen LogP contribution in [-0.4, -0.2) is 22.6 Å². The first-order chi connectivity index (χ1) is 12.5. The first-order valence-electron chi connectivity index (χ1n) is 7.87. The highest BCUT2D eigenvalue weighted by Crippen LogP contribution is 2.23. The molecule has 3 aromatic rings. The zero-order valence-corrected chi connectivity index (χ0v) is 15.5. The summed E-state index contributed by atoms with van der Waals surface area (Å²) in [6.07, 6.45) is 0. The third kappa shape index (κ3) is 4.53. The molecule has 0 fully saturated rings. The number of halogens is 1. The second kappa shape index (κ2) is 8.21. The fourth-order valence-corrected chi connectivity index (χ4v) is 3.27. The molecule has 0 spiro atoms. The van der Waals surface area contributed by atoms with E-state index >= 15 is 0 Å². The van der Waals surface area contributed by atoms with Gasteiger partial charge in [0.2, 0.25) is 5.91 Å². The van der Waals surface area contributed by atoms with E-state index in [2.05, 4.69) is 15.8 Å². The zero-order valence-electron chi connectivity index (χ0n) is 14.0. The molecule has 1 heterocycles. The van der Waals surface area contributed by atoms with Crippen LogP contribution in [0.3, 0.4) is 0 Å². The van der Waals surface area contributed by atoms with Crippen molar-refractivity contribution in [2.45, 2.75) is 11.9 Å². The first kappa shape index (κ1) is 18.2. The van der Waals surface area contributed by atoms with Crippen molar-refractivity contribution in [1.29, 1.82) is 0 Å². The normalized spacial score (nSPS) is 10.5. The Morgan fingerprint density at radius 3 is 2.58 bits per heavy atom. The van der Waals surface area contributed by atoms with Crippen LogP contribution in [0.2, 0.25) is 5.02 Å². The lowest BCUT2D eigenvalue weighted by atomic mass is 10.1. The smallest absolute Gasteiger partial charge is 0.269 e. The van der Waals surface area contributed by atoms with Gasteiger partial charge < -0.3 is 0 Å². The molecule has 0 atom stereocenters. The number of benzene rings is 2. The van der Waals surface area contributed by atoms with Crippen LogP contribution in [0.25, 0.3) is 10.9 Å². The number of aryl methyl sites for hydroxylation is 1. The number of rotatable bonds is 4. The van der Waals surface area contributed by atoms with E-state index in [-0.39, 0.29) is 11.7 Å². The summed E-state index contributed by atoms with van der Waals surface area (Å²) in [5, 5.41) is 2.40. The van der Waals surface area contributed by atoms with Crippen molar-refractivity contribution in [2.75, 3.05) is 5.75 Å². The number of hydrogen-bond acceptors (Lipinski definition) is 4. The minimum absolute atomic E-state index is 0.145. The number of carbonyl (C=O) groups is 2. The Balaban J connectivity index is 1.54. The van der Waals surface area contributed by atoms with Gasteiger partial charge in [-0.1, -0.05) is 41.6 Å². The van der Waals surface area contributed by atoms with Gasteiger partial charge in [0, 0.05) is 16.0 Å². The summed E-state index contributed by atoms with van der Waals surface area (Å²) in [5.74, 6) is -0.573. The largest absolute Gasteiger partial charge is 0.272 e. The van der Waals surface area contributed by atoms with Crippen LogP contribution >= 0.6 is 23.4 Å². The SMILES string of the molecule is Cc1cc(SCC(=O)NNC(=O)c2ccc(Cl)cc2)nc2ccccc12. The summed E-state index contributed by atoms with van der Waals surface area (Å²) in [6.45, 7) is 2.01. The number of fused-ring (bicyclic) bond motifs is 1.